The average molecular weight is 297 g/mol. The van der Waals surface area contributed by atoms with E-state index in [9.17, 15) is 25.0 Å². The predicted octanol–water partition coefficient (Wildman–Crippen LogP) is 1.27. The van der Waals surface area contributed by atoms with Gasteiger partial charge in [-0.1, -0.05) is 0 Å². The number of hydrogen-bond donors (Lipinski definition) is 1. The maximum absolute atomic E-state index is 12.2. The molecule has 0 spiro atoms. The fourth-order valence-electron chi connectivity index (χ4n) is 1.89. The number of likely N-dealkylation sites (N-methyl/N-ethyl adjacent to an activating group) is 1. The molecule has 0 unspecified atom stereocenters. The Hall–Kier alpha value is -2.55. The largest absolute Gasteiger partial charge is 0.395 e. The predicted molar refractivity (Wildman–Crippen MR) is 73.2 cm³/mol. The van der Waals surface area contributed by atoms with E-state index < -0.39 is 27.1 Å². The fraction of sp³-hybridized carbons (Fsp3) is 0.417. The van der Waals surface area contributed by atoms with Crippen molar-refractivity contribution >= 4 is 17.3 Å². The molecule has 21 heavy (non-hydrogen) atoms. The van der Waals surface area contributed by atoms with Crippen LogP contribution in [0.2, 0.25) is 0 Å². The summed E-state index contributed by atoms with van der Waals surface area (Å²) in [4.78, 5) is 33.8. The van der Waals surface area contributed by atoms with E-state index in [0.717, 1.165) is 12.1 Å². The van der Waals surface area contributed by atoms with E-state index in [4.69, 9.17) is 5.11 Å². The van der Waals surface area contributed by atoms with E-state index in [1.54, 1.807) is 6.92 Å². The molecule has 1 rings (SSSR count). The maximum atomic E-state index is 12.2. The van der Waals surface area contributed by atoms with Crippen LogP contribution in [0.5, 0.6) is 0 Å². The van der Waals surface area contributed by atoms with Gasteiger partial charge in [0.1, 0.15) is 5.56 Å². The molecule has 0 radical (unpaired) electrons. The first kappa shape index (κ1) is 16.5. The highest BCUT2D eigenvalue weighted by Crippen LogP contribution is 2.29. The molecule has 0 fully saturated rings. The zero-order chi connectivity index (χ0) is 16.2. The summed E-state index contributed by atoms with van der Waals surface area (Å²) < 4.78 is 0. The summed E-state index contributed by atoms with van der Waals surface area (Å²) in [7, 11) is 0. The van der Waals surface area contributed by atoms with Crippen LogP contribution in [-0.2, 0) is 0 Å². The Bertz CT molecular complexity index is 551. The number of rotatable bonds is 6. The Morgan fingerprint density at radius 3 is 2.05 bits per heavy atom. The lowest BCUT2D eigenvalue weighted by atomic mass is 10.1. The Kier molecular flexibility index (Phi) is 5.30. The number of hydrogen-bond acceptors (Lipinski definition) is 6. The summed E-state index contributed by atoms with van der Waals surface area (Å²) in [5.41, 5.74) is -1.21. The van der Waals surface area contributed by atoms with Gasteiger partial charge in [0, 0.05) is 25.2 Å². The van der Waals surface area contributed by atoms with Crippen LogP contribution in [0.25, 0.3) is 0 Å². The molecule has 0 heterocycles. The number of nitro groups is 2. The third kappa shape index (κ3) is 3.51. The third-order valence-electron chi connectivity index (χ3n) is 3.03. The van der Waals surface area contributed by atoms with Crippen LogP contribution in [0.15, 0.2) is 12.1 Å². The molecule has 1 amide bonds. The minimum absolute atomic E-state index is 0.0464. The van der Waals surface area contributed by atoms with Crippen molar-refractivity contribution in [3.63, 3.8) is 0 Å². The molecule has 0 aliphatic rings. The summed E-state index contributed by atoms with van der Waals surface area (Å²) in [5, 5.41) is 30.8. The normalized spacial score (nSPS) is 10.2. The van der Waals surface area contributed by atoms with Crippen LogP contribution < -0.4 is 0 Å². The van der Waals surface area contributed by atoms with Gasteiger partial charge in [-0.3, -0.25) is 25.0 Å². The van der Waals surface area contributed by atoms with Crippen molar-refractivity contribution in [2.75, 3.05) is 19.7 Å². The van der Waals surface area contributed by atoms with E-state index in [-0.39, 0.29) is 30.8 Å². The van der Waals surface area contributed by atoms with Gasteiger partial charge in [0.25, 0.3) is 17.3 Å². The van der Waals surface area contributed by atoms with Gasteiger partial charge in [0.2, 0.25) is 0 Å². The molecule has 9 heteroatoms. The van der Waals surface area contributed by atoms with E-state index in [1.165, 1.54) is 11.8 Å². The van der Waals surface area contributed by atoms with Gasteiger partial charge in [0.15, 0.2) is 0 Å². The van der Waals surface area contributed by atoms with Crippen LogP contribution in [0.1, 0.15) is 22.8 Å². The molecule has 0 saturated heterocycles. The summed E-state index contributed by atoms with van der Waals surface area (Å²) >= 11 is 0. The summed E-state index contributed by atoms with van der Waals surface area (Å²) in [6.45, 7) is 2.98. The lowest BCUT2D eigenvalue weighted by Crippen LogP contribution is -2.33. The number of amides is 1. The van der Waals surface area contributed by atoms with Crippen molar-refractivity contribution in [3.8, 4) is 0 Å². The second-order valence-electron chi connectivity index (χ2n) is 4.26. The number of nitro benzene ring substituents is 2. The molecular weight excluding hydrogens is 282 g/mol. The quantitative estimate of drug-likeness (QED) is 0.622. The maximum Gasteiger partial charge on any atom is 0.279 e. The van der Waals surface area contributed by atoms with Gasteiger partial charge in [-0.05, 0) is 13.8 Å². The molecular formula is C12H15N3O6. The second-order valence-corrected chi connectivity index (χ2v) is 4.26. The minimum Gasteiger partial charge on any atom is -0.395 e. The average Bonchev–Trinajstić information content (AvgIpc) is 2.43. The fourth-order valence-corrected chi connectivity index (χ4v) is 1.89. The molecule has 0 aliphatic carbocycles. The molecule has 1 aromatic carbocycles. The molecule has 0 atom stereocenters. The molecule has 1 N–H and O–H groups in total. The van der Waals surface area contributed by atoms with Crippen molar-refractivity contribution in [2.45, 2.75) is 13.8 Å². The highest BCUT2D eigenvalue weighted by atomic mass is 16.6. The Balaban J connectivity index is 3.39. The number of aliphatic hydroxyl groups is 1. The van der Waals surface area contributed by atoms with E-state index in [2.05, 4.69) is 0 Å². The van der Waals surface area contributed by atoms with Crippen LogP contribution in [0.3, 0.4) is 0 Å². The van der Waals surface area contributed by atoms with Crippen molar-refractivity contribution in [3.05, 3.63) is 43.5 Å². The molecule has 0 bridgehead atoms. The Morgan fingerprint density at radius 1 is 1.24 bits per heavy atom. The van der Waals surface area contributed by atoms with Crippen molar-refractivity contribution in [1.29, 1.82) is 0 Å². The van der Waals surface area contributed by atoms with Crippen LogP contribution >= 0.6 is 0 Å². The molecule has 114 valence electrons. The van der Waals surface area contributed by atoms with E-state index in [0.29, 0.717) is 0 Å². The monoisotopic (exact) mass is 297 g/mol. The van der Waals surface area contributed by atoms with E-state index in [1.807, 2.05) is 0 Å². The van der Waals surface area contributed by atoms with Crippen molar-refractivity contribution in [1.82, 2.24) is 4.90 Å². The van der Waals surface area contributed by atoms with Gasteiger partial charge in [-0.15, -0.1) is 0 Å². The first-order chi connectivity index (χ1) is 9.83. The van der Waals surface area contributed by atoms with Gasteiger partial charge in [-0.2, -0.15) is 0 Å². The highest BCUT2D eigenvalue weighted by Gasteiger charge is 2.26. The van der Waals surface area contributed by atoms with Crippen LogP contribution in [0.4, 0.5) is 11.4 Å². The second kappa shape index (κ2) is 6.75. The molecule has 0 saturated carbocycles. The summed E-state index contributed by atoms with van der Waals surface area (Å²) in [6, 6.07) is 2.04. The van der Waals surface area contributed by atoms with Crippen LogP contribution in [-0.4, -0.2) is 45.5 Å². The van der Waals surface area contributed by atoms with Gasteiger partial charge in [0.05, 0.1) is 22.0 Å². The molecule has 1 aromatic rings. The molecule has 9 nitrogen and oxygen atoms in total. The van der Waals surface area contributed by atoms with Crippen molar-refractivity contribution < 1.29 is 19.7 Å². The molecule has 0 aromatic heterocycles. The standard InChI is InChI=1S/C12H15N3O6/c1-3-13(4-5-16)12(17)9-6-10(14(18)19)8(2)11(7-9)15(20)21/h6-7,16H,3-5H2,1-2H3. The lowest BCUT2D eigenvalue weighted by Gasteiger charge is -2.19. The number of carbonyl (C=O) groups is 1. The lowest BCUT2D eigenvalue weighted by molar-refractivity contribution is -0.395. The Morgan fingerprint density at radius 2 is 1.71 bits per heavy atom. The topological polar surface area (TPSA) is 127 Å². The first-order valence-electron chi connectivity index (χ1n) is 6.17. The minimum atomic E-state index is -0.762. The van der Waals surface area contributed by atoms with Crippen molar-refractivity contribution in [2.24, 2.45) is 0 Å². The van der Waals surface area contributed by atoms with Crippen LogP contribution in [0, 0.1) is 27.2 Å². The van der Waals surface area contributed by atoms with Gasteiger partial charge in [-0.25, -0.2) is 0 Å². The number of nitrogens with zero attached hydrogens (tertiary/aromatic N) is 3. The summed E-state index contributed by atoms with van der Waals surface area (Å²) in [5.74, 6) is -0.599. The number of aliphatic hydroxyl groups excluding tert-OH is 1. The highest BCUT2D eigenvalue weighted by molar-refractivity contribution is 5.96. The first-order valence-corrected chi connectivity index (χ1v) is 6.17. The smallest absolute Gasteiger partial charge is 0.279 e. The Labute approximate surface area is 120 Å². The zero-order valence-corrected chi connectivity index (χ0v) is 11.6. The number of carbonyl (C=O) groups excluding carboxylic acids is 1. The van der Waals surface area contributed by atoms with Gasteiger partial charge < -0.3 is 10.0 Å². The molecule has 0 aliphatic heterocycles. The third-order valence-corrected chi connectivity index (χ3v) is 3.03. The number of benzene rings is 1. The SMILES string of the molecule is CCN(CCO)C(=O)c1cc([N+](=O)[O-])c(C)c([N+](=O)[O-])c1. The zero-order valence-electron chi connectivity index (χ0n) is 11.6. The summed E-state index contributed by atoms with van der Waals surface area (Å²) in [6.07, 6.45) is 0. The van der Waals surface area contributed by atoms with E-state index >= 15 is 0 Å². The van der Waals surface area contributed by atoms with Gasteiger partial charge >= 0.3 is 0 Å².